The fourth-order valence-corrected chi connectivity index (χ4v) is 4.03. The van der Waals surface area contributed by atoms with Crippen LogP contribution in [0.15, 0.2) is 79.0 Å². The minimum Gasteiger partial charge on any atom is -0.507 e. The normalized spacial score (nSPS) is 12.1. The van der Waals surface area contributed by atoms with E-state index in [0.717, 1.165) is 34.6 Å². The average molecular weight is 451 g/mol. The molecular weight excluding hydrogens is 416 g/mol. The smallest absolute Gasteiger partial charge is 0.124 e. The Morgan fingerprint density at radius 3 is 2.00 bits per heavy atom. The first-order valence-electron chi connectivity index (χ1n) is 11.9. The molecule has 0 aliphatic heterocycles. The Hall–Kier alpha value is -3.46. The summed E-state index contributed by atoms with van der Waals surface area (Å²) in [6, 6.07) is 24.5. The third-order valence-electron chi connectivity index (χ3n) is 6.14. The van der Waals surface area contributed by atoms with Gasteiger partial charge in [0.15, 0.2) is 0 Å². The summed E-state index contributed by atoms with van der Waals surface area (Å²) in [5, 5.41) is 10.5. The number of hydrogen-bond acceptors (Lipinski definition) is 3. The zero-order valence-corrected chi connectivity index (χ0v) is 21.1. The molecule has 0 bridgehead atoms. The maximum absolute atomic E-state index is 10.5. The fraction of sp³-hybridized carbons (Fsp3) is 0.290. The van der Waals surface area contributed by atoms with Gasteiger partial charge < -0.3 is 5.11 Å². The van der Waals surface area contributed by atoms with Gasteiger partial charge in [0.2, 0.25) is 0 Å². The van der Waals surface area contributed by atoms with Crippen LogP contribution in [0.2, 0.25) is 0 Å². The number of aromatic nitrogens is 2. The molecule has 0 saturated heterocycles. The standard InChI is InChI=1S/C31H34N2O/c1-30(2,3)23-16-21(17-25-11-9-10-14-32-25)15-22(18-23)27-19-24(31(4,5)6)20-28(33-27)26-12-7-8-13-29(26)34/h7-16,18-20,34H,17H2,1-6H3. The molecule has 2 aromatic heterocycles. The van der Waals surface area contributed by atoms with Crippen molar-refractivity contribution in [3.05, 3.63) is 101 Å². The molecule has 3 nitrogen and oxygen atoms in total. The third-order valence-corrected chi connectivity index (χ3v) is 6.14. The van der Waals surface area contributed by atoms with Gasteiger partial charge in [0.05, 0.1) is 11.4 Å². The second kappa shape index (κ2) is 9.06. The first-order chi connectivity index (χ1) is 16.0. The van der Waals surface area contributed by atoms with E-state index in [1.807, 2.05) is 36.5 Å². The predicted octanol–water partition coefficient (Wildman–Crippen LogP) is 7.70. The summed E-state index contributed by atoms with van der Waals surface area (Å²) >= 11 is 0. The molecular formula is C31H34N2O. The van der Waals surface area contributed by atoms with Crippen molar-refractivity contribution in [3.63, 3.8) is 0 Å². The molecule has 1 N–H and O–H groups in total. The van der Waals surface area contributed by atoms with Crippen LogP contribution in [0.1, 0.15) is 63.9 Å². The third kappa shape index (κ3) is 5.36. The van der Waals surface area contributed by atoms with Gasteiger partial charge in [-0.2, -0.15) is 0 Å². The van der Waals surface area contributed by atoms with Crippen molar-refractivity contribution in [2.24, 2.45) is 0 Å². The highest BCUT2D eigenvalue weighted by molar-refractivity contribution is 5.72. The van der Waals surface area contributed by atoms with Crippen LogP contribution in [0.5, 0.6) is 5.75 Å². The minimum absolute atomic E-state index is 0.00293. The summed E-state index contributed by atoms with van der Waals surface area (Å²) in [5.41, 5.74) is 8.18. The molecule has 0 aliphatic rings. The van der Waals surface area contributed by atoms with Crippen LogP contribution in [0.25, 0.3) is 22.5 Å². The summed E-state index contributed by atoms with van der Waals surface area (Å²) in [7, 11) is 0. The first kappa shape index (κ1) is 23.7. The number of phenols is 1. The maximum atomic E-state index is 10.5. The Kier molecular flexibility index (Phi) is 6.31. The number of aromatic hydroxyl groups is 1. The Balaban J connectivity index is 1.91. The Bertz CT molecular complexity index is 1300. The van der Waals surface area contributed by atoms with E-state index < -0.39 is 0 Å². The SMILES string of the molecule is CC(C)(C)c1cc(Cc2ccccn2)cc(-c2cc(C(C)(C)C)cc(-c3ccccc3O)n2)c1. The van der Waals surface area contributed by atoms with Crippen molar-refractivity contribution >= 4 is 0 Å². The summed E-state index contributed by atoms with van der Waals surface area (Å²) in [6.45, 7) is 13.3. The molecule has 174 valence electrons. The van der Waals surface area contributed by atoms with Crippen LogP contribution in [0, 0.1) is 0 Å². The number of phenolic OH excluding ortho intramolecular Hbond substituents is 1. The van der Waals surface area contributed by atoms with Crippen LogP contribution in [0.3, 0.4) is 0 Å². The van der Waals surface area contributed by atoms with Gasteiger partial charge in [-0.15, -0.1) is 0 Å². The van der Waals surface area contributed by atoms with Gasteiger partial charge in [0.25, 0.3) is 0 Å². The lowest BCUT2D eigenvalue weighted by atomic mass is 9.83. The average Bonchev–Trinajstić information content (AvgIpc) is 2.78. The Morgan fingerprint density at radius 2 is 1.35 bits per heavy atom. The van der Waals surface area contributed by atoms with Gasteiger partial charge >= 0.3 is 0 Å². The van der Waals surface area contributed by atoms with Crippen molar-refractivity contribution < 1.29 is 5.11 Å². The summed E-state index contributed by atoms with van der Waals surface area (Å²) in [5.74, 6) is 0.242. The quantitative estimate of drug-likeness (QED) is 0.346. The monoisotopic (exact) mass is 450 g/mol. The van der Waals surface area contributed by atoms with Gasteiger partial charge in [-0.25, -0.2) is 4.98 Å². The molecule has 4 rings (SSSR count). The molecule has 0 atom stereocenters. The van der Waals surface area contributed by atoms with Gasteiger partial charge in [0, 0.05) is 29.4 Å². The molecule has 2 heterocycles. The second-order valence-corrected chi connectivity index (χ2v) is 11.1. The minimum atomic E-state index is -0.0603. The van der Waals surface area contributed by atoms with E-state index in [0.29, 0.717) is 0 Å². The molecule has 34 heavy (non-hydrogen) atoms. The first-order valence-corrected chi connectivity index (χ1v) is 11.9. The Morgan fingerprint density at radius 1 is 0.706 bits per heavy atom. The number of para-hydroxylation sites is 1. The molecule has 3 heteroatoms. The van der Waals surface area contributed by atoms with Crippen molar-refractivity contribution in [1.29, 1.82) is 0 Å². The van der Waals surface area contributed by atoms with Gasteiger partial charge in [-0.3, -0.25) is 4.98 Å². The zero-order chi connectivity index (χ0) is 24.5. The summed E-state index contributed by atoms with van der Waals surface area (Å²) < 4.78 is 0. The van der Waals surface area contributed by atoms with E-state index in [1.54, 1.807) is 6.07 Å². The summed E-state index contributed by atoms with van der Waals surface area (Å²) in [6.07, 6.45) is 2.61. The number of hydrogen-bond donors (Lipinski definition) is 1. The van der Waals surface area contributed by atoms with Crippen molar-refractivity contribution in [1.82, 2.24) is 9.97 Å². The number of pyridine rings is 2. The molecule has 0 fully saturated rings. The van der Waals surface area contributed by atoms with Crippen molar-refractivity contribution in [3.8, 4) is 28.3 Å². The highest BCUT2D eigenvalue weighted by atomic mass is 16.3. The molecule has 2 aromatic carbocycles. The highest BCUT2D eigenvalue weighted by Crippen LogP contribution is 2.36. The van der Waals surface area contributed by atoms with Gasteiger partial charge in [-0.05, 0) is 76.1 Å². The molecule has 0 radical (unpaired) electrons. The van der Waals surface area contributed by atoms with Crippen LogP contribution in [0.4, 0.5) is 0 Å². The zero-order valence-electron chi connectivity index (χ0n) is 21.1. The van der Waals surface area contributed by atoms with E-state index in [2.05, 4.69) is 82.9 Å². The highest BCUT2D eigenvalue weighted by Gasteiger charge is 2.21. The molecule has 0 aliphatic carbocycles. The molecule has 0 amide bonds. The molecule has 0 unspecified atom stereocenters. The van der Waals surface area contributed by atoms with Gasteiger partial charge in [0.1, 0.15) is 5.75 Å². The van der Waals surface area contributed by atoms with Crippen LogP contribution >= 0.6 is 0 Å². The van der Waals surface area contributed by atoms with Gasteiger partial charge in [-0.1, -0.05) is 65.8 Å². The van der Waals surface area contributed by atoms with E-state index >= 15 is 0 Å². The molecule has 4 aromatic rings. The number of nitrogens with zero attached hydrogens (tertiary/aromatic N) is 2. The predicted molar refractivity (Wildman–Crippen MR) is 141 cm³/mol. The van der Waals surface area contributed by atoms with E-state index in [4.69, 9.17) is 4.98 Å². The van der Waals surface area contributed by atoms with E-state index in [-0.39, 0.29) is 16.6 Å². The Labute approximate surface area is 203 Å². The lowest BCUT2D eigenvalue weighted by Crippen LogP contribution is -2.13. The molecule has 0 spiro atoms. The lowest BCUT2D eigenvalue weighted by Gasteiger charge is -2.23. The maximum Gasteiger partial charge on any atom is 0.124 e. The van der Waals surface area contributed by atoms with Crippen LogP contribution in [-0.2, 0) is 17.3 Å². The molecule has 0 saturated carbocycles. The van der Waals surface area contributed by atoms with E-state index in [1.165, 1.54) is 16.7 Å². The largest absolute Gasteiger partial charge is 0.507 e. The lowest BCUT2D eigenvalue weighted by molar-refractivity contribution is 0.477. The summed E-state index contributed by atoms with van der Waals surface area (Å²) in [4.78, 5) is 9.58. The van der Waals surface area contributed by atoms with E-state index in [9.17, 15) is 5.11 Å². The fourth-order valence-electron chi connectivity index (χ4n) is 4.03. The number of benzene rings is 2. The second-order valence-electron chi connectivity index (χ2n) is 11.1. The van der Waals surface area contributed by atoms with Crippen LogP contribution in [-0.4, -0.2) is 15.1 Å². The van der Waals surface area contributed by atoms with Crippen LogP contribution < -0.4 is 0 Å². The topological polar surface area (TPSA) is 46.0 Å². The van der Waals surface area contributed by atoms with Crippen molar-refractivity contribution in [2.45, 2.75) is 58.8 Å². The number of rotatable bonds is 4. The van der Waals surface area contributed by atoms with Crippen molar-refractivity contribution in [2.75, 3.05) is 0 Å².